The van der Waals surface area contributed by atoms with Gasteiger partial charge in [-0.3, -0.25) is 14.9 Å². The maximum absolute atomic E-state index is 12.0. The van der Waals surface area contributed by atoms with Crippen LogP contribution >= 0.6 is 23.7 Å². The Hall–Kier alpha value is -1.18. The molecule has 1 aliphatic heterocycles. The fourth-order valence-electron chi connectivity index (χ4n) is 1.88. The molecular formula is C10H14ClN3O3S. The predicted octanol–water partition coefficient (Wildman–Crippen LogP) is 1.51. The molecule has 1 aliphatic rings. The third-order valence-corrected chi connectivity index (χ3v) is 3.89. The van der Waals surface area contributed by atoms with E-state index in [9.17, 15) is 14.9 Å². The van der Waals surface area contributed by atoms with Crippen molar-refractivity contribution in [2.75, 3.05) is 20.1 Å². The van der Waals surface area contributed by atoms with Crippen LogP contribution in [-0.4, -0.2) is 41.9 Å². The number of rotatable bonds is 3. The van der Waals surface area contributed by atoms with Crippen molar-refractivity contribution >= 4 is 34.7 Å². The monoisotopic (exact) mass is 291 g/mol. The topological polar surface area (TPSA) is 75.5 Å². The van der Waals surface area contributed by atoms with Crippen LogP contribution in [0.4, 0.5) is 5.00 Å². The van der Waals surface area contributed by atoms with E-state index in [-0.39, 0.29) is 23.3 Å². The van der Waals surface area contributed by atoms with Crippen molar-refractivity contribution in [2.24, 2.45) is 0 Å². The minimum Gasteiger partial charge on any atom is -0.336 e. The summed E-state index contributed by atoms with van der Waals surface area (Å²) in [7, 11) is 1.87. The van der Waals surface area contributed by atoms with Crippen molar-refractivity contribution < 1.29 is 9.72 Å². The Morgan fingerprint density at radius 2 is 2.33 bits per heavy atom. The number of thiophene rings is 1. The molecule has 1 aromatic heterocycles. The van der Waals surface area contributed by atoms with Crippen LogP contribution in [0.3, 0.4) is 0 Å². The first kappa shape index (κ1) is 14.9. The number of nitrogens with zero attached hydrogens (tertiary/aromatic N) is 2. The SMILES string of the molecule is CNC1CCN(C(=O)c2ccc([N+](=O)[O-])s2)C1.Cl. The van der Waals surface area contributed by atoms with Crippen molar-refractivity contribution in [3.63, 3.8) is 0 Å². The van der Waals surface area contributed by atoms with Crippen molar-refractivity contribution in [1.29, 1.82) is 0 Å². The summed E-state index contributed by atoms with van der Waals surface area (Å²) >= 11 is 0.934. The summed E-state index contributed by atoms with van der Waals surface area (Å²) in [5.74, 6) is -0.110. The first-order valence-electron chi connectivity index (χ1n) is 5.32. The summed E-state index contributed by atoms with van der Waals surface area (Å²) in [5.41, 5.74) is 0. The Labute approximate surface area is 115 Å². The van der Waals surface area contributed by atoms with Crippen LogP contribution < -0.4 is 5.32 Å². The number of nitro groups is 1. The number of hydrogen-bond donors (Lipinski definition) is 1. The Morgan fingerprint density at radius 1 is 1.61 bits per heavy atom. The molecule has 0 aliphatic carbocycles. The lowest BCUT2D eigenvalue weighted by Gasteiger charge is -2.14. The lowest BCUT2D eigenvalue weighted by Crippen LogP contribution is -2.33. The van der Waals surface area contributed by atoms with E-state index >= 15 is 0 Å². The molecule has 18 heavy (non-hydrogen) atoms. The fraction of sp³-hybridized carbons (Fsp3) is 0.500. The molecule has 1 atom stereocenters. The Kier molecular flexibility index (Phi) is 5.06. The Balaban J connectivity index is 0.00000162. The number of carbonyl (C=O) groups excluding carboxylic acids is 1. The van der Waals surface area contributed by atoms with E-state index in [0.717, 1.165) is 17.8 Å². The number of carbonyl (C=O) groups is 1. The van der Waals surface area contributed by atoms with Crippen LogP contribution in [0.2, 0.25) is 0 Å². The number of likely N-dealkylation sites (N-methyl/N-ethyl adjacent to an activating group) is 1. The molecule has 0 spiro atoms. The highest BCUT2D eigenvalue weighted by Gasteiger charge is 2.27. The first-order chi connectivity index (χ1) is 8.11. The summed E-state index contributed by atoms with van der Waals surface area (Å²) in [5, 5.41) is 13.7. The number of hydrogen-bond acceptors (Lipinski definition) is 5. The van der Waals surface area contributed by atoms with Crippen LogP contribution in [0, 0.1) is 10.1 Å². The van der Waals surface area contributed by atoms with E-state index in [1.54, 1.807) is 4.90 Å². The van der Waals surface area contributed by atoms with Gasteiger partial charge in [0.25, 0.3) is 5.91 Å². The van der Waals surface area contributed by atoms with Crippen LogP contribution in [0.25, 0.3) is 0 Å². The molecule has 0 radical (unpaired) electrons. The zero-order chi connectivity index (χ0) is 12.4. The maximum Gasteiger partial charge on any atom is 0.324 e. The second-order valence-corrected chi connectivity index (χ2v) is 4.98. The second-order valence-electron chi connectivity index (χ2n) is 3.92. The predicted molar refractivity (Wildman–Crippen MR) is 71.6 cm³/mol. The number of nitrogens with one attached hydrogen (secondary N) is 1. The second kappa shape index (κ2) is 6.12. The van der Waals surface area contributed by atoms with E-state index < -0.39 is 4.92 Å². The van der Waals surface area contributed by atoms with E-state index in [4.69, 9.17) is 0 Å². The van der Waals surface area contributed by atoms with Gasteiger partial charge in [-0.25, -0.2) is 0 Å². The molecule has 2 rings (SSSR count). The zero-order valence-corrected chi connectivity index (χ0v) is 11.4. The quantitative estimate of drug-likeness (QED) is 0.676. The minimum atomic E-state index is -0.470. The van der Waals surface area contributed by atoms with Crippen LogP contribution in [0.5, 0.6) is 0 Å². The number of halogens is 1. The summed E-state index contributed by atoms with van der Waals surface area (Å²) in [4.78, 5) is 24.3. The Bertz CT molecular complexity index is 451. The average Bonchev–Trinajstić information content (AvgIpc) is 2.97. The molecular weight excluding hydrogens is 278 g/mol. The lowest BCUT2D eigenvalue weighted by atomic mass is 10.3. The van der Waals surface area contributed by atoms with Crippen molar-refractivity contribution in [3.8, 4) is 0 Å². The molecule has 1 aromatic rings. The van der Waals surface area contributed by atoms with Crippen LogP contribution in [0.1, 0.15) is 16.1 Å². The lowest BCUT2D eigenvalue weighted by molar-refractivity contribution is -0.380. The smallest absolute Gasteiger partial charge is 0.324 e. The molecule has 1 saturated heterocycles. The average molecular weight is 292 g/mol. The van der Waals surface area contributed by atoms with Gasteiger partial charge in [0.05, 0.1) is 9.80 Å². The third kappa shape index (κ3) is 2.98. The van der Waals surface area contributed by atoms with Gasteiger partial charge in [0.2, 0.25) is 0 Å². The van der Waals surface area contributed by atoms with E-state index in [0.29, 0.717) is 24.0 Å². The maximum atomic E-state index is 12.0. The van der Waals surface area contributed by atoms with Gasteiger partial charge >= 0.3 is 5.00 Å². The molecule has 1 unspecified atom stereocenters. The van der Waals surface area contributed by atoms with Gasteiger partial charge < -0.3 is 10.2 Å². The molecule has 2 heterocycles. The summed E-state index contributed by atoms with van der Waals surface area (Å²) in [6.45, 7) is 1.37. The summed E-state index contributed by atoms with van der Waals surface area (Å²) in [6.07, 6.45) is 0.926. The van der Waals surface area contributed by atoms with Gasteiger partial charge in [0, 0.05) is 25.2 Å². The molecule has 1 N–H and O–H groups in total. The minimum absolute atomic E-state index is 0. The number of amides is 1. The van der Waals surface area contributed by atoms with E-state index in [1.807, 2.05) is 7.05 Å². The molecule has 1 fully saturated rings. The highest BCUT2D eigenvalue weighted by Crippen LogP contribution is 2.26. The highest BCUT2D eigenvalue weighted by molar-refractivity contribution is 7.17. The summed E-state index contributed by atoms with van der Waals surface area (Å²) in [6, 6.07) is 3.23. The molecule has 1 amide bonds. The van der Waals surface area contributed by atoms with E-state index in [2.05, 4.69) is 5.32 Å². The molecule has 6 nitrogen and oxygen atoms in total. The van der Waals surface area contributed by atoms with Gasteiger partial charge in [-0.2, -0.15) is 0 Å². The molecule has 0 bridgehead atoms. The molecule has 0 saturated carbocycles. The third-order valence-electron chi connectivity index (χ3n) is 2.87. The molecule has 8 heteroatoms. The largest absolute Gasteiger partial charge is 0.336 e. The van der Waals surface area contributed by atoms with E-state index in [1.165, 1.54) is 12.1 Å². The molecule has 0 aromatic carbocycles. The Morgan fingerprint density at radius 3 is 2.83 bits per heavy atom. The fourth-order valence-corrected chi connectivity index (χ4v) is 2.67. The standard InChI is InChI=1S/C10H13N3O3S.ClH/c1-11-7-4-5-12(6-7)10(14)8-2-3-9(17-8)13(15)16;/h2-3,7,11H,4-6H2,1H3;1H. The van der Waals surface area contributed by atoms with Gasteiger partial charge in [-0.15, -0.1) is 12.4 Å². The van der Waals surface area contributed by atoms with Crippen molar-refractivity contribution in [3.05, 3.63) is 27.1 Å². The zero-order valence-electron chi connectivity index (χ0n) is 9.79. The van der Waals surface area contributed by atoms with Gasteiger partial charge in [-0.05, 0) is 19.5 Å². The number of likely N-dealkylation sites (tertiary alicyclic amines) is 1. The first-order valence-corrected chi connectivity index (χ1v) is 6.14. The van der Waals surface area contributed by atoms with Crippen LogP contribution in [-0.2, 0) is 0 Å². The van der Waals surface area contributed by atoms with Crippen LogP contribution in [0.15, 0.2) is 12.1 Å². The summed E-state index contributed by atoms with van der Waals surface area (Å²) < 4.78 is 0. The van der Waals surface area contributed by atoms with Crippen molar-refractivity contribution in [1.82, 2.24) is 10.2 Å². The normalized spacial score (nSPS) is 18.5. The molecule has 100 valence electrons. The van der Waals surface area contributed by atoms with Gasteiger partial charge in [0.15, 0.2) is 0 Å². The van der Waals surface area contributed by atoms with Crippen molar-refractivity contribution in [2.45, 2.75) is 12.5 Å². The highest BCUT2D eigenvalue weighted by atomic mass is 35.5. The van der Waals surface area contributed by atoms with Gasteiger partial charge in [-0.1, -0.05) is 11.3 Å². The van der Waals surface area contributed by atoms with Gasteiger partial charge in [0.1, 0.15) is 0 Å².